The van der Waals surface area contributed by atoms with E-state index < -0.39 is 0 Å². The number of nitrogens with zero attached hydrogens (tertiary/aromatic N) is 1. The zero-order valence-corrected chi connectivity index (χ0v) is 5.26. The highest BCUT2D eigenvalue weighted by Crippen LogP contribution is 1.84. The molecular formula is C6H11NO. The Morgan fingerprint density at radius 3 is 2.75 bits per heavy atom. The van der Waals surface area contributed by atoms with Crippen molar-refractivity contribution >= 4 is 6.21 Å². The molecule has 0 aromatic heterocycles. The molecular weight excluding hydrogens is 102 g/mol. The lowest BCUT2D eigenvalue weighted by molar-refractivity contribution is 0.331. The summed E-state index contributed by atoms with van der Waals surface area (Å²) in [5, 5.41) is 8.43. The van der Waals surface area contributed by atoms with E-state index in [9.17, 15) is 0 Å². The Bertz CT molecular complexity index is 105. The molecule has 8 heavy (non-hydrogen) atoms. The van der Waals surface area contributed by atoms with E-state index in [2.05, 4.69) is 4.99 Å². The van der Waals surface area contributed by atoms with Crippen LogP contribution in [0, 0.1) is 0 Å². The molecule has 0 radical (unpaired) electrons. The second-order valence-corrected chi connectivity index (χ2v) is 1.58. The first kappa shape index (κ1) is 7.37. The lowest BCUT2D eigenvalue weighted by Gasteiger charge is -1.86. The van der Waals surface area contributed by atoms with Crippen LogP contribution in [0.3, 0.4) is 0 Å². The van der Waals surface area contributed by atoms with E-state index in [1.54, 1.807) is 19.3 Å². The summed E-state index contributed by atoms with van der Waals surface area (Å²) < 4.78 is 0. The molecule has 0 atom stereocenters. The molecule has 0 spiro atoms. The monoisotopic (exact) mass is 113 g/mol. The molecule has 0 saturated heterocycles. The van der Waals surface area contributed by atoms with Crippen LogP contribution < -0.4 is 0 Å². The highest BCUT2D eigenvalue weighted by atomic mass is 16.3. The van der Waals surface area contributed by atoms with Crippen molar-refractivity contribution in [3.63, 3.8) is 0 Å². The average molecular weight is 113 g/mol. The molecule has 0 fully saturated rings. The minimum absolute atomic E-state index is 0.117. The fraction of sp³-hybridized carbons (Fsp3) is 0.500. The molecule has 0 unspecified atom stereocenters. The van der Waals surface area contributed by atoms with E-state index in [-0.39, 0.29) is 6.61 Å². The first-order chi connectivity index (χ1) is 3.81. The summed E-state index contributed by atoms with van der Waals surface area (Å²) in [5.74, 6) is 0. The SMILES string of the molecule is CN=C/C=C(\C)CO. The molecule has 0 heterocycles. The van der Waals surface area contributed by atoms with Crippen molar-refractivity contribution < 1.29 is 5.11 Å². The third-order valence-corrected chi connectivity index (χ3v) is 0.758. The van der Waals surface area contributed by atoms with Gasteiger partial charge in [-0.3, -0.25) is 4.99 Å². The molecule has 0 aromatic rings. The van der Waals surface area contributed by atoms with Gasteiger partial charge in [-0.2, -0.15) is 0 Å². The minimum atomic E-state index is 0.117. The van der Waals surface area contributed by atoms with E-state index in [1.165, 1.54) is 0 Å². The van der Waals surface area contributed by atoms with E-state index in [0.29, 0.717) is 0 Å². The van der Waals surface area contributed by atoms with E-state index >= 15 is 0 Å². The summed E-state index contributed by atoms with van der Waals surface area (Å²) in [4.78, 5) is 3.71. The van der Waals surface area contributed by atoms with Crippen LogP contribution in [0.1, 0.15) is 6.92 Å². The average Bonchev–Trinajstić information content (AvgIpc) is 1.83. The van der Waals surface area contributed by atoms with Gasteiger partial charge in [-0.1, -0.05) is 0 Å². The van der Waals surface area contributed by atoms with Crippen molar-refractivity contribution in [2.24, 2.45) is 4.99 Å². The maximum atomic E-state index is 8.43. The number of rotatable bonds is 2. The molecule has 46 valence electrons. The van der Waals surface area contributed by atoms with Crippen molar-refractivity contribution in [3.8, 4) is 0 Å². The molecule has 2 heteroatoms. The third-order valence-electron chi connectivity index (χ3n) is 0.758. The Morgan fingerprint density at radius 2 is 2.38 bits per heavy atom. The fourth-order valence-corrected chi connectivity index (χ4v) is 0.254. The van der Waals surface area contributed by atoms with Gasteiger partial charge < -0.3 is 5.11 Å². The maximum absolute atomic E-state index is 8.43. The van der Waals surface area contributed by atoms with Crippen molar-refractivity contribution in [1.29, 1.82) is 0 Å². The summed E-state index contributed by atoms with van der Waals surface area (Å²) in [5.41, 5.74) is 0.926. The predicted octanol–water partition coefficient (Wildman–Crippen LogP) is 0.626. The minimum Gasteiger partial charge on any atom is -0.392 e. The smallest absolute Gasteiger partial charge is 0.0642 e. The van der Waals surface area contributed by atoms with E-state index in [0.717, 1.165) is 5.57 Å². The van der Waals surface area contributed by atoms with Crippen LogP contribution in [0.4, 0.5) is 0 Å². The highest BCUT2D eigenvalue weighted by molar-refractivity contribution is 5.71. The van der Waals surface area contributed by atoms with Crippen molar-refractivity contribution in [3.05, 3.63) is 11.6 Å². The van der Waals surface area contributed by atoms with Gasteiger partial charge in [-0.05, 0) is 18.6 Å². The van der Waals surface area contributed by atoms with Crippen molar-refractivity contribution in [2.75, 3.05) is 13.7 Å². The Hall–Kier alpha value is -0.630. The first-order valence-electron chi connectivity index (χ1n) is 2.50. The molecule has 0 rings (SSSR count). The molecule has 0 amide bonds. The molecule has 0 aliphatic heterocycles. The van der Waals surface area contributed by atoms with Gasteiger partial charge in [0.15, 0.2) is 0 Å². The standard InChI is InChI=1S/C6H11NO/c1-6(5-8)3-4-7-2/h3-4,8H,5H2,1-2H3/b6-3+,7-4?. The zero-order chi connectivity index (χ0) is 6.41. The van der Waals surface area contributed by atoms with Crippen LogP contribution >= 0.6 is 0 Å². The number of allylic oxidation sites excluding steroid dienone is 1. The summed E-state index contributed by atoms with van der Waals surface area (Å²) in [6.45, 7) is 1.97. The van der Waals surface area contributed by atoms with Crippen LogP contribution in [0.2, 0.25) is 0 Å². The van der Waals surface area contributed by atoms with Crippen LogP contribution in [0.5, 0.6) is 0 Å². The summed E-state index contributed by atoms with van der Waals surface area (Å²) in [6.07, 6.45) is 3.44. The Balaban J connectivity index is 3.57. The van der Waals surface area contributed by atoms with Gasteiger partial charge in [0.25, 0.3) is 0 Å². The molecule has 0 saturated carbocycles. The normalized spacial score (nSPS) is 13.1. The van der Waals surface area contributed by atoms with Gasteiger partial charge in [-0.15, -0.1) is 0 Å². The molecule has 0 aromatic carbocycles. The number of aliphatic hydroxyl groups excluding tert-OH is 1. The lowest BCUT2D eigenvalue weighted by atomic mass is 10.3. The van der Waals surface area contributed by atoms with Crippen LogP contribution in [-0.4, -0.2) is 25.0 Å². The summed E-state index contributed by atoms with van der Waals surface area (Å²) in [6, 6.07) is 0. The van der Waals surface area contributed by atoms with Crippen LogP contribution in [0.25, 0.3) is 0 Å². The fourth-order valence-electron chi connectivity index (χ4n) is 0.254. The Morgan fingerprint density at radius 1 is 1.75 bits per heavy atom. The maximum Gasteiger partial charge on any atom is 0.0642 e. The Labute approximate surface area is 49.6 Å². The van der Waals surface area contributed by atoms with Gasteiger partial charge in [-0.25, -0.2) is 0 Å². The number of aliphatic hydroxyl groups is 1. The molecule has 0 aliphatic rings. The lowest BCUT2D eigenvalue weighted by Crippen LogP contribution is -1.82. The largest absolute Gasteiger partial charge is 0.392 e. The summed E-state index contributed by atoms with van der Waals surface area (Å²) in [7, 11) is 1.70. The summed E-state index contributed by atoms with van der Waals surface area (Å²) >= 11 is 0. The molecule has 1 N–H and O–H groups in total. The van der Waals surface area contributed by atoms with Gasteiger partial charge in [0.1, 0.15) is 0 Å². The zero-order valence-electron chi connectivity index (χ0n) is 5.26. The third kappa shape index (κ3) is 3.56. The Kier molecular flexibility index (Phi) is 4.17. The highest BCUT2D eigenvalue weighted by Gasteiger charge is 1.77. The van der Waals surface area contributed by atoms with Crippen LogP contribution in [0.15, 0.2) is 16.6 Å². The number of hydrogen-bond acceptors (Lipinski definition) is 2. The van der Waals surface area contributed by atoms with Gasteiger partial charge in [0.2, 0.25) is 0 Å². The van der Waals surface area contributed by atoms with Crippen molar-refractivity contribution in [1.82, 2.24) is 0 Å². The topological polar surface area (TPSA) is 32.6 Å². The number of aliphatic imine (C=N–C) groups is 1. The van der Waals surface area contributed by atoms with Crippen LogP contribution in [-0.2, 0) is 0 Å². The van der Waals surface area contributed by atoms with Gasteiger partial charge in [0, 0.05) is 13.3 Å². The van der Waals surface area contributed by atoms with Crippen molar-refractivity contribution in [2.45, 2.75) is 6.92 Å². The predicted molar refractivity (Wildman–Crippen MR) is 35.3 cm³/mol. The van der Waals surface area contributed by atoms with Gasteiger partial charge in [0.05, 0.1) is 6.61 Å². The first-order valence-corrected chi connectivity index (χ1v) is 2.50. The van der Waals surface area contributed by atoms with Gasteiger partial charge >= 0.3 is 0 Å². The molecule has 2 nitrogen and oxygen atoms in total. The molecule has 0 aliphatic carbocycles. The number of hydrogen-bond donors (Lipinski definition) is 1. The van der Waals surface area contributed by atoms with E-state index in [1.807, 2.05) is 6.92 Å². The quantitative estimate of drug-likeness (QED) is 0.523. The second-order valence-electron chi connectivity index (χ2n) is 1.58. The second kappa shape index (κ2) is 4.53. The molecule has 0 bridgehead atoms. The van der Waals surface area contributed by atoms with E-state index in [4.69, 9.17) is 5.11 Å².